The summed E-state index contributed by atoms with van der Waals surface area (Å²) in [6, 6.07) is 97.4. The van der Waals surface area contributed by atoms with E-state index in [1.54, 1.807) is 0 Å². The van der Waals surface area contributed by atoms with Gasteiger partial charge in [-0.3, -0.25) is 0 Å². The van der Waals surface area contributed by atoms with Gasteiger partial charge < -0.3 is 4.90 Å². The summed E-state index contributed by atoms with van der Waals surface area (Å²) in [6.07, 6.45) is 0. The number of hydrogen-bond acceptors (Lipinski definition) is 2. The molecule has 0 radical (unpaired) electrons. The van der Waals surface area contributed by atoms with Gasteiger partial charge in [-0.25, -0.2) is 0 Å². The number of para-hydroxylation sites is 2. The van der Waals surface area contributed by atoms with E-state index in [-0.39, 0.29) is 0 Å². The number of rotatable bonds is 11. The van der Waals surface area contributed by atoms with Gasteiger partial charge in [0.2, 0.25) is 0 Å². The van der Waals surface area contributed by atoms with Gasteiger partial charge in [0.25, 0.3) is 0 Å². The summed E-state index contributed by atoms with van der Waals surface area (Å²) >= 11 is -3.35. The first-order valence-electron chi connectivity index (χ1n) is 20.9. The third-order valence-corrected chi connectivity index (χ3v) is 21.9. The number of hydrogen-bond donors (Lipinski definition) is 0. The molecule has 10 aromatic rings. The van der Waals surface area contributed by atoms with Crippen molar-refractivity contribution in [3.8, 4) is 11.1 Å². The van der Waals surface area contributed by atoms with Crippen LogP contribution in [0.1, 0.15) is 0 Å². The van der Waals surface area contributed by atoms with Gasteiger partial charge in [0, 0.05) is 17.1 Å². The minimum absolute atomic E-state index is 1.09. The van der Waals surface area contributed by atoms with Crippen LogP contribution in [0.15, 0.2) is 267 Å². The summed E-state index contributed by atoms with van der Waals surface area (Å²) in [7, 11) is 0. The van der Waals surface area contributed by atoms with Gasteiger partial charge in [-0.05, 0) is 24.3 Å². The van der Waals surface area contributed by atoms with Gasteiger partial charge in [-0.2, -0.15) is 0 Å². The van der Waals surface area contributed by atoms with Crippen LogP contribution in [-0.2, 0) is 0 Å². The van der Waals surface area contributed by atoms with Crippen LogP contribution in [0.5, 0.6) is 0 Å². The maximum atomic E-state index is 2.40. The molecule has 0 aliphatic carbocycles. The van der Waals surface area contributed by atoms with Crippen molar-refractivity contribution in [2.75, 3.05) is 9.80 Å². The SMILES string of the molecule is c1ccc(N(c2ccccc2)c2ccc(N(c3ccc(-c4cc[c]([Ge]([c]5ccccc5)([c]5ccccc5)[c]5ccccc5)cc4)cc3)c3cccc4ccccc34)cc2)cc1. The molecule has 0 unspecified atom stereocenters. The zero-order valence-electron chi connectivity index (χ0n) is 33.8. The Kier molecular flexibility index (Phi) is 10.6. The molecule has 0 N–H and O–H groups in total. The molecule has 10 rings (SSSR count). The van der Waals surface area contributed by atoms with Crippen molar-refractivity contribution in [2.24, 2.45) is 0 Å². The standard InChI is InChI=1S/C58H44GeN2/c1-6-21-48(22-7-1)59(49-23-8-2-9-24-49,50-25-10-3-11-26-50)51-37-33-45(34-38-51)46-35-39-55(40-36-46)61(58-32-18-20-47-19-16-17-31-57(47)58)56-43-41-54(42-44-56)60(52-27-12-4-13-28-52)53-29-14-5-15-30-53/h1-44H. The third-order valence-electron chi connectivity index (χ3n) is 11.8. The first kappa shape index (κ1) is 37.8. The van der Waals surface area contributed by atoms with Gasteiger partial charge in [-0.15, -0.1) is 0 Å². The fourth-order valence-electron chi connectivity index (χ4n) is 8.96. The molecule has 10 aromatic carbocycles. The molecule has 0 aliphatic rings. The molecule has 0 atom stereocenters. The van der Waals surface area contributed by atoms with E-state index in [9.17, 15) is 0 Å². The van der Waals surface area contributed by atoms with Gasteiger partial charge in [0.05, 0.1) is 0 Å². The van der Waals surface area contributed by atoms with Crippen molar-refractivity contribution in [1.29, 1.82) is 0 Å². The van der Waals surface area contributed by atoms with Crippen molar-refractivity contribution in [3.05, 3.63) is 267 Å². The molecule has 3 heteroatoms. The second kappa shape index (κ2) is 17.1. The maximum absolute atomic E-state index is 3.35. The molecule has 0 bridgehead atoms. The molecule has 61 heavy (non-hydrogen) atoms. The van der Waals surface area contributed by atoms with Crippen molar-refractivity contribution < 1.29 is 0 Å². The van der Waals surface area contributed by atoms with E-state index in [0.717, 1.165) is 34.1 Å². The van der Waals surface area contributed by atoms with Crippen LogP contribution in [0.25, 0.3) is 21.9 Å². The molecule has 0 saturated carbocycles. The van der Waals surface area contributed by atoms with Crippen LogP contribution in [0.2, 0.25) is 0 Å². The van der Waals surface area contributed by atoms with E-state index in [0.29, 0.717) is 0 Å². The number of nitrogens with zero attached hydrogens (tertiary/aromatic N) is 2. The molecule has 0 fully saturated rings. The molecule has 0 saturated heterocycles. The Balaban J connectivity index is 1.04. The quantitative estimate of drug-likeness (QED) is 0.120. The fraction of sp³-hybridized carbons (Fsp3) is 0. The van der Waals surface area contributed by atoms with Gasteiger partial charge in [-0.1, -0.05) is 60.7 Å². The van der Waals surface area contributed by atoms with Gasteiger partial charge in [0.15, 0.2) is 0 Å². The summed E-state index contributed by atoms with van der Waals surface area (Å²) < 4.78 is 5.68. The van der Waals surface area contributed by atoms with Crippen LogP contribution in [0, 0.1) is 0 Å². The Bertz CT molecular complexity index is 2830. The molecule has 0 aliphatic heterocycles. The molecule has 0 heterocycles. The smallest absolute Gasteiger partial charge is 0.0602 e. The molecule has 0 amide bonds. The molecule has 290 valence electrons. The Morgan fingerprint density at radius 3 is 1.03 bits per heavy atom. The van der Waals surface area contributed by atoms with Crippen molar-refractivity contribution in [2.45, 2.75) is 0 Å². The van der Waals surface area contributed by atoms with Crippen LogP contribution < -0.4 is 27.4 Å². The average molecular weight is 842 g/mol. The molecule has 0 aromatic heterocycles. The summed E-state index contributed by atoms with van der Waals surface area (Å²) in [4.78, 5) is 4.69. The average Bonchev–Trinajstić information content (AvgIpc) is 3.35. The van der Waals surface area contributed by atoms with Crippen LogP contribution in [0.3, 0.4) is 0 Å². The molecule has 0 spiro atoms. The second-order valence-electron chi connectivity index (χ2n) is 15.3. The summed E-state index contributed by atoms with van der Waals surface area (Å²) in [6.45, 7) is 0. The van der Waals surface area contributed by atoms with Crippen molar-refractivity contribution >= 4 is 75.7 Å². The van der Waals surface area contributed by atoms with Gasteiger partial charge in [0.1, 0.15) is 0 Å². The summed E-state index contributed by atoms with van der Waals surface area (Å²) in [5, 5.41) is 2.41. The predicted octanol–water partition coefficient (Wildman–Crippen LogP) is 12.8. The van der Waals surface area contributed by atoms with E-state index >= 15 is 0 Å². The van der Waals surface area contributed by atoms with Crippen molar-refractivity contribution in [3.63, 3.8) is 0 Å². The van der Waals surface area contributed by atoms with E-state index in [4.69, 9.17) is 0 Å². The first-order chi connectivity index (χ1) is 30.3. The number of benzene rings is 10. The third kappa shape index (κ3) is 7.33. The minimum atomic E-state index is -3.35. The zero-order chi connectivity index (χ0) is 40.9. The Morgan fingerprint density at radius 1 is 0.230 bits per heavy atom. The molecular formula is C58H44GeN2. The van der Waals surface area contributed by atoms with Crippen LogP contribution in [-0.4, -0.2) is 13.3 Å². The number of fused-ring (bicyclic) bond motifs is 1. The summed E-state index contributed by atoms with van der Waals surface area (Å²) in [5.41, 5.74) is 9.03. The normalized spacial score (nSPS) is 11.3. The minimum Gasteiger partial charge on any atom is -0.0602 e. The monoisotopic (exact) mass is 842 g/mol. The molecule has 2 nitrogen and oxygen atoms in total. The molecular weight excluding hydrogens is 797 g/mol. The number of anilines is 6. The Hall–Kier alpha value is -7.40. The Morgan fingerprint density at radius 2 is 0.557 bits per heavy atom. The van der Waals surface area contributed by atoms with E-state index in [2.05, 4.69) is 277 Å². The fourth-order valence-corrected chi connectivity index (χ4v) is 18.9. The van der Waals surface area contributed by atoms with E-state index in [1.807, 2.05) is 0 Å². The van der Waals surface area contributed by atoms with Gasteiger partial charge >= 0.3 is 257 Å². The zero-order valence-corrected chi connectivity index (χ0v) is 35.9. The van der Waals surface area contributed by atoms with Crippen LogP contribution in [0.4, 0.5) is 34.1 Å². The summed E-state index contributed by atoms with van der Waals surface area (Å²) in [5.74, 6) is 0. The van der Waals surface area contributed by atoms with Crippen molar-refractivity contribution in [1.82, 2.24) is 0 Å². The van der Waals surface area contributed by atoms with E-state index in [1.165, 1.54) is 39.5 Å². The van der Waals surface area contributed by atoms with E-state index < -0.39 is 13.3 Å². The second-order valence-corrected chi connectivity index (χ2v) is 23.3. The first-order valence-corrected chi connectivity index (χ1v) is 25.1. The predicted molar refractivity (Wildman–Crippen MR) is 262 cm³/mol. The van der Waals surface area contributed by atoms with Crippen LogP contribution >= 0.6 is 0 Å². The topological polar surface area (TPSA) is 6.48 Å². The Labute approximate surface area is 361 Å².